The van der Waals surface area contributed by atoms with Crippen molar-refractivity contribution in [2.24, 2.45) is 0 Å². The Morgan fingerprint density at radius 1 is 1.10 bits per heavy atom. The number of benzene rings is 1. The van der Waals surface area contributed by atoms with Crippen LogP contribution < -0.4 is 9.47 Å². The number of ketones is 1. The van der Waals surface area contributed by atoms with Crippen LogP contribution in [0.15, 0.2) is 24.8 Å². The van der Waals surface area contributed by atoms with Crippen LogP contribution >= 0.6 is 0 Å². The summed E-state index contributed by atoms with van der Waals surface area (Å²) in [6, 6.07) is 3.75. The van der Waals surface area contributed by atoms with Crippen molar-refractivity contribution in [3.63, 3.8) is 0 Å². The van der Waals surface area contributed by atoms with Crippen molar-refractivity contribution >= 4 is 11.8 Å². The molecule has 4 atom stereocenters. The predicted octanol–water partition coefficient (Wildman–Crippen LogP) is 6.20. The van der Waals surface area contributed by atoms with E-state index in [9.17, 15) is 14.7 Å². The molecule has 2 fully saturated rings. The number of nitrogens with zero attached hydrogens (tertiary/aromatic N) is 1. The number of carbonyl (C=O) groups excluding carboxylic acids is 2. The van der Waals surface area contributed by atoms with Gasteiger partial charge in [0, 0.05) is 37.5 Å². The highest BCUT2D eigenvalue weighted by molar-refractivity contribution is 5.90. The second-order valence-electron chi connectivity index (χ2n) is 12.3. The van der Waals surface area contributed by atoms with Crippen molar-refractivity contribution in [1.29, 1.82) is 0 Å². The van der Waals surface area contributed by atoms with Crippen molar-refractivity contribution in [3.8, 4) is 11.5 Å². The highest BCUT2D eigenvalue weighted by atomic mass is 16.6. The molecule has 1 N–H and O–H groups in total. The fourth-order valence-corrected chi connectivity index (χ4v) is 7.97. The Morgan fingerprint density at radius 3 is 2.49 bits per heavy atom. The summed E-state index contributed by atoms with van der Waals surface area (Å²) in [5, 5.41) is 12.3. The summed E-state index contributed by atoms with van der Waals surface area (Å²) in [5.74, 6) is 0.689. The molecular formula is C33H47NO5. The maximum atomic E-state index is 13.2. The summed E-state index contributed by atoms with van der Waals surface area (Å²) >= 11 is 0. The molecule has 6 heteroatoms. The number of unbranched alkanes of at least 4 members (excludes halogenated alkanes) is 10. The Balaban J connectivity index is 1.20. The number of Topliss-reactive ketones (excluding diaryl/α,β-unsaturated/α-hetero) is 1. The number of rotatable bonds is 15. The maximum Gasteiger partial charge on any atom is 0.311 e. The largest absolute Gasteiger partial charge is 0.477 e. The zero-order chi connectivity index (χ0) is 27.5. The molecule has 1 saturated heterocycles. The van der Waals surface area contributed by atoms with Crippen LogP contribution in [0.1, 0.15) is 114 Å². The van der Waals surface area contributed by atoms with Crippen molar-refractivity contribution in [2.75, 3.05) is 13.1 Å². The first kappa shape index (κ1) is 28.4. The number of ether oxygens (including phenoxy) is 2. The maximum absolute atomic E-state index is 13.2. The van der Waals surface area contributed by atoms with Crippen LogP contribution in [-0.4, -0.2) is 52.6 Å². The Bertz CT molecular complexity index is 1070. The van der Waals surface area contributed by atoms with Crippen LogP contribution in [0.3, 0.4) is 0 Å². The van der Waals surface area contributed by atoms with E-state index in [-0.39, 0.29) is 17.8 Å². The number of carbonyl (C=O) groups is 2. The van der Waals surface area contributed by atoms with E-state index in [4.69, 9.17) is 9.47 Å². The molecule has 0 unspecified atom stereocenters. The van der Waals surface area contributed by atoms with Crippen LogP contribution in [0.2, 0.25) is 0 Å². The number of hydrogen-bond donors (Lipinski definition) is 1. The zero-order valence-electron chi connectivity index (χ0n) is 23.8. The van der Waals surface area contributed by atoms with E-state index in [0.717, 1.165) is 36.9 Å². The van der Waals surface area contributed by atoms with E-state index in [0.29, 0.717) is 50.1 Å². The van der Waals surface area contributed by atoms with Crippen molar-refractivity contribution in [3.05, 3.63) is 35.9 Å². The summed E-state index contributed by atoms with van der Waals surface area (Å²) in [4.78, 5) is 28.3. The van der Waals surface area contributed by atoms with Gasteiger partial charge in [-0.3, -0.25) is 14.5 Å². The van der Waals surface area contributed by atoms with Crippen LogP contribution in [0.4, 0.5) is 0 Å². The van der Waals surface area contributed by atoms with E-state index in [1.54, 1.807) is 0 Å². The molecule has 2 aliphatic carbocycles. The Labute approximate surface area is 234 Å². The molecule has 0 aromatic heterocycles. The Kier molecular flexibility index (Phi) is 8.82. The van der Waals surface area contributed by atoms with Gasteiger partial charge in [-0.15, -0.1) is 6.58 Å². The van der Waals surface area contributed by atoms with Crippen LogP contribution in [0.25, 0.3) is 0 Å². The molecule has 0 radical (unpaired) electrons. The number of piperidine rings is 1. The molecular weight excluding hydrogens is 490 g/mol. The van der Waals surface area contributed by atoms with Gasteiger partial charge in [-0.25, -0.2) is 0 Å². The number of likely N-dealkylation sites (tertiary alicyclic amines) is 1. The minimum Gasteiger partial charge on any atom is -0.477 e. The lowest BCUT2D eigenvalue weighted by molar-refractivity contribution is -0.187. The average Bonchev–Trinajstić information content (AvgIpc) is 3.28. The quantitative estimate of drug-likeness (QED) is 0.124. The smallest absolute Gasteiger partial charge is 0.311 e. The Hall–Kier alpha value is -2.18. The summed E-state index contributed by atoms with van der Waals surface area (Å²) in [7, 11) is 0. The summed E-state index contributed by atoms with van der Waals surface area (Å²) in [5.41, 5.74) is 0.184. The molecule has 1 aromatic carbocycles. The highest BCUT2D eigenvalue weighted by Crippen LogP contribution is 2.64. The normalized spacial score (nSPS) is 28.6. The van der Waals surface area contributed by atoms with Gasteiger partial charge < -0.3 is 14.6 Å². The molecule has 0 amide bonds. The first-order valence-corrected chi connectivity index (χ1v) is 15.6. The molecule has 1 saturated carbocycles. The van der Waals surface area contributed by atoms with Gasteiger partial charge in [0.15, 0.2) is 23.4 Å². The second kappa shape index (κ2) is 12.1. The van der Waals surface area contributed by atoms with Gasteiger partial charge >= 0.3 is 5.97 Å². The summed E-state index contributed by atoms with van der Waals surface area (Å²) in [6.07, 6.45) is 17.2. The fraction of sp³-hybridized carbons (Fsp3) is 0.697. The van der Waals surface area contributed by atoms with Crippen LogP contribution in [0, 0.1) is 0 Å². The van der Waals surface area contributed by atoms with Gasteiger partial charge in [-0.2, -0.15) is 0 Å². The fourth-order valence-electron chi connectivity index (χ4n) is 7.97. The van der Waals surface area contributed by atoms with Gasteiger partial charge in [0.05, 0.1) is 11.0 Å². The lowest BCUT2D eigenvalue weighted by Crippen LogP contribution is -2.76. The van der Waals surface area contributed by atoms with Crippen molar-refractivity contribution in [2.45, 2.75) is 133 Å². The summed E-state index contributed by atoms with van der Waals surface area (Å²) < 4.78 is 12.2. The molecule has 39 heavy (non-hydrogen) atoms. The van der Waals surface area contributed by atoms with E-state index >= 15 is 0 Å². The molecule has 2 aliphatic heterocycles. The van der Waals surface area contributed by atoms with E-state index in [2.05, 4.69) is 18.4 Å². The monoisotopic (exact) mass is 537 g/mol. The predicted molar refractivity (Wildman–Crippen MR) is 152 cm³/mol. The van der Waals surface area contributed by atoms with Crippen LogP contribution in [0.5, 0.6) is 11.5 Å². The third-order valence-electron chi connectivity index (χ3n) is 9.93. The number of aliphatic hydroxyl groups is 1. The molecule has 2 heterocycles. The number of hydrogen-bond acceptors (Lipinski definition) is 6. The van der Waals surface area contributed by atoms with E-state index in [1.165, 1.54) is 51.4 Å². The minimum atomic E-state index is -1.05. The topological polar surface area (TPSA) is 76.1 Å². The van der Waals surface area contributed by atoms with Crippen molar-refractivity contribution in [1.82, 2.24) is 4.90 Å². The molecule has 2 bridgehead atoms. The van der Waals surface area contributed by atoms with Crippen molar-refractivity contribution < 1.29 is 24.2 Å². The lowest BCUT2D eigenvalue weighted by Gasteiger charge is -2.62. The van der Waals surface area contributed by atoms with E-state index < -0.39 is 17.1 Å². The standard InChI is InChI=1S/C33H47NO5/c1-3-5-6-7-8-9-10-11-12-13-14-15-28(36)38-26-17-16-24-23-27-33(37)19-18-25(35)31-32(33,29(24)30(26)39-31)20-22-34(27)21-4-2/h4,16-17,27,31,37H,2-3,5-15,18-23H2,1H3/t27-,31+,32+,33+/m0/s1. The average molecular weight is 538 g/mol. The minimum absolute atomic E-state index is 0.0397. The third kappa shape index (κ3) is 5.08. The zero-order valence-corrected chi connectivity index (χ0v) is 23.8. The lowest BCUT2D eigenvalue weighted by atomic mass is 9.49. The van der Waals surface area contributed by atoms with Gasteiger partial charge in [0.25, 0.3) is 0 Å². The summed E-state index contributed by atoms with van der Waals surface area (Å²) in [6.45, 7) is 7.64. The third-order valence-corrected chi connectivity index (χ3v) is 9.93. The molecule has 1 aromatic rings. The SMILES string of the molecule is C=CCN1CC[C@@]23c4c5ccc(OC(=O)CCCCCCCCCCCCC)c4O[C@@H]2C(=O)CC[C@@]3(O)[C@@H]1C5. The molecule has 5 rings (SSSR count). The highest BCUT2D eigenvalue weighted by Gasteiger charge is 2.73. The first-order chi connectivity index (χ1) is 19.0. The first-order valence-electron chi connectivity index (χ1n) is 15.6. The molecule has 1 spiro atoms. The molecule has 214 valence electrons. The molecule has 6 nitrogen and oxygen atoms in total. The second-order valence-corrected chi connectivity index (χ2v) is 12.3. The molecule has 4 aliphatic rings. The van der Waals surface area contributed by atoms with Crippen LogP contribution in [-0.2, 0) is 21.4 Å². The Morgan fingerprint density at radius 2 is 1.79 bits per heavy atom. The van der Waals surface area contributed by atoms with Gasteiger partial charge in [0.2, 0.25) is 0 Å². The van der Waals surface area contributed by atoms with E-state index in [1.807, 2.05) is 18.2 Å². The van der Waals surface area contributed by atoms with Gasteiger partial charge in [-0.1, -0.05) is 83.3 Å². The van der Waals surface area contributed by atoms with Gasteiger partial charge in [-0.05, 0) is 37.3 Å². The van der Waals surface area contributed by atoms with Gasteiger partial charge in [0.1, 0.15) is 0 Å². The number of esters is 1.